The molecule has 2 saturated carbocycles. The highest BCUT2D eigenvalue weighted by molar-refractivity contribution is 6.01. The fourth-order valence-electron chi connectivity index (χ4n) is 7.06. The molecule has 0 N–H and O–H groups in total. The Morgan fingerprint density at radius 1 is 1.17 bits per heavy atom. The topological polar surface area (TPSA) is 69.7 Å². The number of Topliss-reactive ketones (excluding diaryl/α,β-unsaturated/α-hetero) is 2. The molecule has 160 valence electrons. The van der Waals surface area contributed by atoms with E-state index in [0.29, 0.717) is 18.3 Å². The third kappa shape index (κ3) is 2.34. The molecule has 5 nitrogen and oxygen atoms in total. The summed E-state index contributed by atoms with van der Waals surface area (Å²) >= 11 is 0. The summed E-state index contributed by atoms with van der Waals surface area (Å²) in [5.41, 5.74) is 1.04. The summed E-state index contributed by atoms with van der Waals surface area (Å²) in [4.78, 5) is 37.4. The fourth-order valence-corrected chi connectivity index (χ4v) is 7.06. The summed E-state index contributed by atoms with van der Waals surface area (Å²) in [5, 5.41) is 0. The smallest absolute Gasteiger partial charge is 0.227 e. The predicted molar refractivity (Wildman–Crippen MR) is 110 cm³/mol. The number of ketones is 3. The van der Waals surface area contributed by atoms with Crippen LogP contribution < -0.4 is 0 Å². The lowest BCUT2D eigenvalue weighted by atomic mass is 9.51. The molecule has 0 amide bonds. The average molecular weight is 411 g/mol. The van der Waals surface area contributed by atoms with E-state index >= 15 is 0 Å². The Morgan fingerprint density at radius 2 is 1.93 bits per heavy atom. The summed E-state index contributed by atoms with van der Waals surface area (Å²) in [7, 11) is 0. The molecular formula is C25H30O5. The second kappa shape index (κ2) is 6.10. The maximum absolute atomic E-state index is 13.2. The van der Waals surface area contributed by atoms with E-state index in [9.17, 15) is 14.4 Å². The highest BCUT2D eigenvalue weighted by Gasteiger charge is 2.69. The van der Waals surface area contributed by atoms with E-state index in [1.807, 2.05) is 6.08 Å². The first-order chi connectivity index (χ1) is 14.1. The first-order valence-corrected chi connectivity index (χ1v) is 11.1. The highest BCUT2D eigenvalue weighted by atomic mass is 16.7. The van der Waals surface area contributed by atoms with Crippen molar-refractivity contribution in [1.29, 1.82) is 0 Å². The maximum Gasteiger partial charge on any atom is 0.227 e. The van der Waals surface area contributed by atoms with Gasteiger partial charge in [0.1, 0.15) is 12.2 Å². The van der Waals surface area contributed by atoms with Crippen molar-refractivity contribution in [2.75, 3.05) is 6.61 Å². The molecule has 5 heteroatoms. The normalized spacial score (nSPS) is 47.3. The minimum atomic E-state index is -1.36. The highest BCUT2D eigenvalue weighted by Crippen LogP contribution is 2.66. The molecule has 1 aliphatic heterocycles. The van der Waals surface area contributed by atoms with Crippen LogP contribution in [-0.4, -0.2) is 35.3 Å². The van der Waals surface area contributed by atoms with Gasteiger partial charge in [-0.3, -0.25) is 14.4 Å². The number of hydrogen-bond donors (Lipinski definition) is 0. The number of rotatable bonds is 1. The van der Waals surface area contributed by atoms with E-state index in [-0.39, 0.29) is 34.8 Å². The fraction of sp³-hybridized carbons (Fsp3) is 0.640. The molecule has 3 unspecified atom stereocenters. The second-order valence-electron chi connectivity index (χ2n) is 10.3. The molecule has 0 radical (unpaired) electrons. The van der Waals surface area contributed by atoms with Crippen LogP contribution in [0.1, 0.15) is 59.8 Å². The van der Waals surface area contributed by atoms with E-state index in [2.05, 4.69) is 26.0 Å². The zero-order chi connectivity index (χ0) is 21.5. The van der Waals surface area contributed by atoms with Crippen molar-refractivity contribution in [3.63, 3.8) is 0 Å². The lowest BCUT2D eigenvalue weighted by Crippen LogP contribution is -2.65. The number of hydrogen-bond acceptors (Lipinski definition) is 5. The quantitative estimate of drug-likeness (QED) is 0.614. The van der Waals surface area contributed by atoms with Crippen LogP contribution >= 0.6 is 0 Å². The third-order valence-corrected chi connectivity index (χ3v) is 9.01. The molecular weight excluding hydrogens is 380 g/mol. The first-order valence-electron chi connectivity index (χ1n) is 11.1. The van der Waals surface area contributed by atoms with Gasteiger partial charge in [-0.25, -0.2) is 0 Å². The van der Waals surface area contributed by atoms with Gasteiger partial charge in [-0.1, -0.05) is 30.2 Å². The predicted octanol–water partition coefficient (Wildman–Crippen LogP) is 3.87. The zero-order valence-corrected chi connectivity index (χ0v) is 18.2. The van der Waals surface area contributed by atoms with Crippen molar-refractivity contribution in [3.8, 4) is 0 Å². The Balaban J connectivity index is 1.57. The minimum Gasteiger partial charge on any atom is -0.336 e. The zero-order valence-electron chi connectivity index (χ0n) is 18.2. The van der Waals surface area contributed by atoms with Gasteiger partial charge in [-0.2, -0.15) is 0 Å². The number of carbonyl (C=O) groups excluding carboxylic acids is 3. The molecule has 0 aromatic heterocycles. The third-order valence-electron chi connectivity index (χ3n) is 9.01. The van der Waals surface area contributed by atoms with E-state index in [1.165, 1.54) is 18.1 Å². The summed E-state index contributed by atoms with van der Waals surface area (Å²) in [5.74, 6) is -0.867. The number of ether oxygens (including phenoxy) is 2. The van der Waals surface area contributed by atoms with Crippen LogP contribution in [0, 0.1) is 22.7 Å². The standard InChI is InChI=1S/C25H30O5/c1-15(26)24(4)29-14-21(28)25(30-24)12-9-20-18-6-5-16-13-17(27)7-10-22(16,2)19(18)8-11-23(20,25)3/h7-8,10,13,18,20H,5-6,9,11-12,14H2,1-4H3/t18?,20?,22-,23-,24?,25-/m0/s1. The minimum absolute atomic E-state index is 0.0335. The van der Waals surface area contributed by atoms with Crippen molar-refractivity contribution in [2.45, 2.75) is 71.2 Å². The molecule has 30 heavy (non-hydrogen) atoms. The van der Waals surface area contributed by atoms with Crippen LogP contribution in [0.5, 0.6) is 0 Å². The van der Waals surface area contributed by atoms with Gasteiger partial charge >= 0.3 is 0 Å². The van der Waals surface area contributed by atoms with Gasteiger partial charge in [-0.05, 0) is 69.9 Å². The van der Waals surface area contributed by atoms with Crippen molar-refractivity contribution in [1.82, 2.24) is 0 Å². The van der Waals surface area contributed by atoms with E-state index in [1.54, 1.807) is 13.0 Å². The number of allylic oxidation sites excluding steroid dienone is 6. The molecule has 1 heterocycles. The molecule has 0 aromatic carbocycles. The van der Waals surface area contributed by atoms with Crippen LogP contribution in [0.3, 0.4) is 0 Å². The maximum atomic E-state index is 13.2. The molecule has 6 atom stereocenters. The molecule has 4 aliphatic carbocycles. The van der Waals surface area contributed by atoms with Crippen LogP contribution in [0.4, 0.5) is 0 Å². The van der Waals surface area contributed by atoms with E-state index < -0.39 is 11.4 Å². The van der Waals surface area contributed by atoms with Gasteiger partial charge in [0.15, 0.2) is 17.3 Å². The van der Waals surface area contributed by atoms with Gasteiger partial charge in [0.25, 0.3) is 0 Å². The summed E-state index contributed by atoms with van der Waals surface area (Å²) in [6.45, 7) is 7.43. The Hall–Kier alpha value is -1.85. The largest absolute Gasteiger partial charge is 0.336 e. The molecule has 5 rings (SSSR count). The average Bonchev–Trinajstić information content (AvgIpc) is 2.98. The molecule has 1 spiro atoms. The lowest BCUT2D eigenvalue weighted by molar-refractivity contribution is -0.301. The van der Waals surface area contributed by atoms with Crippen molar-refractivity contribution >= 4 is 17.3 Å². The summed E-state index contributed by atoms with van der Waals surface area (Å²) in [6.07, 6.45) is 12.0. The van der Waals surface area contributed by atoms with Gasteiger partial charge in [0.2, 0.25) is 5.79 Å². The van der Waals surface area contributed by atoms with E-state index in [0.717, 1.165) is 25.7 Å². The van der Waals surface area contributed by atoms with Gasteiger partial charge in [0, 0.05) is 17.8 Å². The Morgan fingerprint density at radius 3 is 2.67 bits per heavy atom. The Labute approximate surface area is 177 Å². The van der Waals surface area contributed by atoms with E-state index in [4.69, 9.17) is 9.47 Å². The Kier molecular flexibility index (Phi) is 4.08. The number of fused-ring (bicyclic) bond motifs is 6. The molecule has 1 saturated heterocycles. The Bertz CT molecular complexity index is 957. The van der Waals surface area contributed by atoms with Gasteiger partial charge in [-0.15, -0.1) is 0 Å². The second-order valence-corrected chi connectivity index (χ2v) is 10.3. The lowest BCUT2D eigenvalue weighted by Gasteiger charge is -2.56. The number of carbonyl (C=O) groups is 3. The van der Waals surface area contributed by atoms with Crippen molar-refractivity contribution in [2.24, 2.45) is 22.7 Å². The van der Waals surface area contributed by atoms with Crippen molar-refractivity contribution in [3.05, 3.63) is 35.5 Å². The summed E-state index contributed by atoms with van der Waals surface area (Å²) < 4.78 is 11.9. The molecule has 3 fully saturated rings. The van der Waals surface area contributed by atoms with Crippen LogP contribution in [0.15, 0.2) is 35.5 Å². The molecule has 5 aliphatic rings. The van der Waals surface area contributed by atoms with Gasteiger partial charge in [0.05, 0.1) is 0 Å². The van der Waals surface area contributed by atoms with Crippen LogP contribution in [0.25, 0.3) is 0 Å². The summed E-state index contributed by atoms with van der Waals surface area (Å²) in [6, 6.07) is 0. The molecule has 0 bridgehead atoms. The monoisotopic (exact) mass is 410 g/mol. The van der Waals surface area contributed by atoms with Crippen LogP contribution in [-0.2, 0) is 23.9 Å². The van der Waals surface area contributed by atoms with Gasteiger partial charge < -0.3 is 9.47 Å². The molecule has 0 aromatic rings. The van der Waals surface area contributed by atoms with Crippen LogP contribution in [0.2, 0.25) is 0 Å². The SMILES string of the molecule is CC(=O)C1(C)OCC(=O)[C@]2(CCC3C4CCC5=CC(=O)C=C[C@]5(C)C4=CC[C@@]32C)O1. The first kappa shape index (κ1) is 20.1. The van der Waals surface area contributed by atoms with Crippen molar-refractivity contribution < 1.29 is 23.9 Å².